The monoisotopic (exact) mass is 706 g/mol. The Kier molecular flexibility index (Phi) is 26.4. The first-order valence-electron chi connectivity index (χ1n) is 18.6. The van der Waals surface area contributed by atoms with E-state index in [-0.39, 0.29) is 19.4 Å². The predicted molar refractivity (Wildman–Crippen MR) is 186 cm³/mol. The van der Waals surface area contributed by atoms with Crippen molar-refractivity contribution in [3.63, 3.8) is 0 Å². The summed E-state index contributed by atoms with van der Waals surface area (Å²) in [5.41, 5.74) is 0. The fourth-order valence-electron chi connectivity index (χ4n) is 5.24. The Morgan fingerprint density at radius 2 is 1.42 bits per heavy atom. The third-order valence-corrected chi connectivity index (χ3v) is 9.22. The van der Waals surface area contributed by atoms with Gasteiger partial charge in [-0.15, -0.1) is 0 Å². The number of allylic oxidation sites excluding steroid dienone is 1. The summed E-state index contributed by atoms with van der Waals surface area (Å²) in [6, 6.07) is 0. The molecule has 282 valence electrons. The second-order valence-corrected chi connectivity index (χ2v) is 14.9. The van der Waals surface area contributed by atoms with Gasteiger partial charge in [-0.25, -0.2) is 4.57 Å². The van der Waals surface area contributed by atoms with Crippen LogP contribution in [0.1, 0.15) is 149 Å². The molecule has 3 unspecified atom stereocenters. The summed E-state index contributed by atoms with van der Waals surface area (Å²) in [4.78, 5) is 34.8. The number of aliphatic hydroxyl groups is 2. The van der Waals surface area contributed by atoms with E-state index in [2.05, 4.69) is 37.4 Å². The second kappa shape index (κ2) is 28.4. The van der Waals surface area contributed by atoms with Gasteiger partial charge in [0.05, 0.1) is 32.0 Å². The van der Waals surface area contributed by atoms with Gasteiger partial charge in [0.2, 0.25) is 0 Å². The van der Waals surface area contributed by atoms with Crippen molar-refractivity contribution in [1.29, 1.82) is 0 Å². The molecule has 0 bridgehead atoms. The molecular formula is C36H67O11P. The van der Waals surface area contributed by atoms with Crippen LogP contribution in [-0.4, -0.2) is 77.9 Å². The molecular weight excluding hydrogens is 639 g/mol. The summed E-state index contributed by atoms with van der Waals surface area (Å²) in [7, 11) is -4.61. The van der Waals surface area contributed by atoms with E-state index in [4.69, 9.17) is 23.8 Å². The van der Waals surface area contributed by atoms with Gasteiger partial charge >= 0.3 is 19.8 Å². The zero-order valence-corrected chi connectivity index (χ0v) is 31.0. The fourth-order valence-corrected chi connectivity index (χ4v) is 6.03. The van der Waals surface area contributed by atoms with Crippen molar-refractivity contribution in [1.82, 2.24) is 0 Å². The van der Waals surface area contributed by atoms with Crippen molar-refractivity contribution in [3.05, 3.63) is 12.2 Å². The van der Waals surface area contributed by atoms with Crippen molar-refractivity contribution in [2.75, 3.05) is 26.4 Å². The van der Waals surface area contributed by atoms with Gasteiger partial charge in [-0.2, -0.15) is 0 Å². The first-order chi connectivity index (χ1) is 23.1. The van der Waals surface area contributed by atoms with Gasteiger partial charge in [-0.1, -0.05) is 110 Å². The molecule has 1 heterocycles. The third-order valence-electron chi connectivity index (χ3n) is 8.27. The maximum Gasteiger partial charge on any atom is 0.472 e. The average molecular weight is 707 g/mol. The number of epoxide rings is 1. The molecule has 5 atom stereocenters. The molecule has 0 spiro atoms. The molecule has 0 saturated carbocycles. The lowest BCUT2D eigenvalue weighted by Gasteiger charge is -2.20. The zero-order chi connectivity index (χ0) is 35.5. The van der Waals surface area contributed by atoms with E-state index in [1.54, 1.807) is 0 Å². The fraction of sp³-hybridized carbons (Fsp3) is 0.889. The van der Waals surface area contributed by atoms with Gasteiger partial charge < -0.3 is 29.3 Å². The number of rotatable bonds is 33. The largest absolute Gasteiger partial charge is 0.472 e. The molecule has 11 nitrogen and oxygen atoms in total. The van der Waals surface area contributed by atoms with Crippen LogP contribution in [0.5, 0.6) is 0 Å². The zero-order valence-electron chi connectivity index (χ0n) is 30.1. The molecule has 1 fully saturated rings. The van der Waals surface area contributed by atoms with E-state index in [0.29, 0.717) is 31.0 Å². The van der Waals surface area contributed by atoms with Crippen LogP contribution in [0.4, 0.5) is 0 Å². The third kappa shape index (κ3) is 26.5. The van der Waals surface area contributed by atoms with E-state index >= 15 is 0 Å². The lowest BCUT2D eigenvalue weighted by atomic mass is 10.0. The van der Waals surface area contributed by atoms with Gasteiger partial charge in [0, 0.05) is 12.8 Å². The Labute approximate surface area is 290 Å². The highest BCUT2D eigenvalue weighted by Gasteiger charge is 2.36. The van der Waals surface area contributed by atoms with E-state index in [9.17, 15) is 24.2 Å². The second-order valence-electron chi connectivity index (χ2n) is 13.5. The van der Waals surface area contributed by atoms with Crippen LogP contribution < -0.4 is 0 Å². The van der Waals surface area contributed by atoms with Crippen molar-refractivity contribution in [2.45, 2.75) is 174 Å². The Bertz CT molecular complexity index is 897. The lowest BCUT2D eigenvalue weighted by Crippen LogP contribution is -2.29. The number of hydrogen-bond acceptors (Lipinski definition) is 10. The molecule has 0 amide bonds. The Morgan fingerprint density at radius 1 is 0.792 bits per heavy atom. The summed E-state index contributed by atoms with van der Waals surface area (Å²) in [6.45, 7) is 4.52. The van der Waals surface area contributed by atoms with Crippen LogP contribution >= 0.6 is 7.82 Å². The molecule has 3 N–H and O–H groups in total. The van der Waals surface area contributed by atoms with E-state index in [0.717, 1.165) is 64.2 Å². The minimum absolute atomic E-state index is 0.177. The molecule has 0 aromatic rings. The van der Waals surface area contributed by atoms with Crippen molar-refractivity contribution in [2.24, 2.45) is 5.92 Å². The number of unbranched alkanes of at least 4 members (excludes halogenated alkanes) is 12. The van der Waals surface area contributed by atoms with Gasteiger partial charge in [0.25, 0.3) is 0 Å². The predicted octanol–water partition coefficient (Wildman–Crippen LogP) is 7.73. The minimum Gasteiger partial charge on any atom is -0.462 e. The molecule has 48 heavy (non-hydrogen) atoms. The van der Waals surface area contributed by atoms with Crippen LogP contribution in [-0.2, 0) is 37.4 Å². The quantitative estimate of drug-likeness (QED) is 0.0201. The smallest absolute Gasteiger partial charge is 0.462 e. The number of esters is 2. The molecule has 0 aliphatic carbocycles. The summed E-state index contributed by atoms with van der Waals surface area (Å²) in [6.07, 6.45) is 22.4. The first kappa shape index (κ1) is 44.7. The SMILES string of the molecule is CCCCC/C=C\CC1OC1CCCCCCCC(=O)OC[C@H](COP(=O)(O)OC[C@@H](O)CO)OC(=O)CCCCCCCCC(C)C. The number of carbonyl (C=O) groups excluding carboxylic acids is 2. The Balaban J connectivity index is 2.29. The van der Waals surface area contributed by atoms with Gasteiger partial charge in [-0.05, 0) is 44.4 Å². The van der Waals surface area contributed by atoms with Crippen LogP contribution in [0.15, 0.2) is 12.2 Å². The number of carbonyl (C=O) groups is 2. The standard InChI is InChI=1S/C36H67O11P/c1-4-5-6-7-12-17-22-33-34(47-33)23-18-13-10-15-19-24-35(39)43-28-32(29-45-48(41,42)44-27-31(38)26-37)46-36(40)25-20-14-9-8-11-16-21-30(2)3/h12,17,30-34,37-38H,4-11,13-16,18-29H2,1-3H3,(H,41,42)/b17-12-/t31-,32+,33?,34?/m0/s1. The van der Waals surface area contributed by atoms with E-state index < -0.39 is 51.8 Å². The van der Waals surface area contributed by atoms with Crippen LogP contribution in [0, 0.1) is 5.92 Å². The molecule has 1 saturated heterocycles. The molecule has 12 heteroatoms. The molecule has 1 rings (SSSR count). The molecule has 0 radical (unpaired) electrons. The van der Waals surface area contributed by atoms with Gasteiger partial charge in [0.15, 0.2) is 6.10 Å². The normalized spacial score (nSPS) is 18.6. The molecule has 0 aromatic carbocycles. The number of aliphatic hydroxyl groups excluding tert-OH is 2. The number of ether oxygens (including phenoxy) is 3. The van der Waals surface area contributed by atoms with Crippen molar-refractivity contribution >= 4 is 19.8 Å². The summed E-state index contributed by atoms with van der Waals surface area (Å²) >= 11 is 0. The Morgan fingerprint density at radius 3 is 2.08 bits per heavy atom. The molecule has 0 aromatic heterocycles. The first-order valence-corrected chi connectivity index (χ1v) is 20.1. The number of phosphoric acid groups is 1. The average Bonchev–Trinajstić information content (AvgIpc) is 3.81. The summed E-state index contributed by atoms with van der Waals surface area (Å²) in [5.74, 6) is -0.242. The highest BCUT2D eigenvalue weighted by atomic mass is 31.2. The highest BCUT2D eigenvalue weighted by Crippen LogP contribution is 2.43. The Hall–Kier alpha value is -1.33. The minimum atomic E-state index is -4.61. The van der Waals surface area contributed by atoms with Crippen LogP contribution in [0.25, 0.3) is 0 Å². The summed E-state index contributed by atoms with van der Waals surface area (Å²) in [5, 5.41) is 18.2. The number of phosphoric ester groups is 1. The van der Waals surface area contributed by atoms with Crippen LogP contribution in [0.2, 0.25) is 0 Å². The van der Waals surface area contributed by atoms with E-state index in [1.807, 2.05) is 0 Å². The maximum absolute atomic E-state index is 12.5. The van der Waals surface area contributed by atoms with Gasteiger partial charge in [-0.3, -0.25) is 18.6 Å². The summed E-state index contributed by atoms with van der Waals surface area (Å²) < 4.78 is 38.3. The molecule has 1 aliphatic heterocycles. The van der Waals surface area contributed by atoms with Crippen LogP contribution in [0.3, 0.4) is 0 Å². The molecule has 1 aliphatic rings. The lowest BCUT2D eigenvalue weighted by molar-refractivity contribution is -0.161. The van der Waals surface area contributed by atoms with Gasteiger partial charge in [0.1, 0.15) is 12.7 Å². The highest BCUT2D eigenvalue weighted by molar-refractivity contribution is 7.47. The maximum atomic E-state index is 12.5. The number of hydrogen-bond donors (Lipinski definition) is 3. The topological polar surface area (TPSA) is 161 Å². The van der Waals surface area contributed by atoms with E-state index in [1.165, 1.54) is 38.5 Å². The van der Waals surface area contributed by atoms with Crippen molar-refractivity contribution < 1.29 is 52.5 Å². The van der Waals surface area contributed by atoms with Crippen molar-refractivity contribution in [3.8, 4) is 0 Å².